The highest BCUT2D eigenvalue weighted by atomic mass is 32.2. The number of rotatable bonds is 5. The zero-order valence-electron chi connectivity index (χ0n) is 9.93. The van der Waals surface area contributed by atoms with Crippen LogP contribution in [-0.2, 0) is 10.0 Å². The van der Waals surface area contributed by atoms with Gasteiger partial charge in [-0.15, -0.1) is 0 Å². The summed E-state index contributed by atoms with van der Waals surface area (Å²) in [5, 5.41) is 0. The molecule has 8 heteroatoms. The first-order valence-corrected chi connectivity index (χ1v) is 6.41. The first kappa shape index (κ1) is 14.7. The van der Waals surface area contributed by atoms with Gasteiger partial charge in [-0.05, 0) is 18.2 Å². The van der Waals surface area contributed by atoms with Crippen molar-refractivity contribution in [2.45, 2.75) is 11.3 Å². The lowest BCUT2D eigenvalue weighted by molar-refractivity contribution is 0.126. The molecule has 0 spiro atoms. The van der Waals surface area contributed by atoms with Gasteiger partial charge in [0.25, 0.3) is 6.43 Å². The maximum absolute atomic E-state index is 12.2. The number of nitrogens with zero attached hydrogens (tertiary/aromatic N) is 1. The summed E-state index contributed by atoms with van der Waals surface area (Å²) in [6.07, 6.45) is -2.75. The van der Waals surface area contributed by atoms with E-state index in [4.69, 9.17) is 10.5 Å². The molecule has 0 saturated heterocycles. The van der Waals surface area contributed by atoms with Crippen LogP contribution in [-0.4, -0.2) is 39.9 Å². The molecule has 18 heavy (non-hydrogen) atoms. The first-order valence-electron chi connectivity index (χ1n) is 4.97. The number of hydrogen-bond donors (Lipinski definition) is 1. The van der Waals surface area contributed by atoms with Crippen LogP contribution in [0.5, 0.6) is 5.75 Å². The largest absolute Gasteiger partial charge is 0.495 e. The Hall–Kier alpha value is -1.41. The van der Waals surface area contributed by atoms with Crippen molar-refractivity contribution >= 4 is 15.7 Å². The number of benzene rings is 1. The van der Waals surface area contributed by atoms with Crippen molar-refractivity contribution in [3.05, 3.63) is 18.2 Å². The van der Waals surface area contributed by atoms with E-state index in [1.165, 1.54) is 25.3 Å². The summed E-state index contributed by atoms with van der Waals surface area (Å²) < 4.78 is 54.0. The molecule has 0 aromatic heterocycles. The van der Waals surface area contributed by atoms with Crippen LogP contribution in [0.1, 0.15) is 0 Å². The molecule has 1 aromatic rings. The minimum atomic E-state index is -4.05. The van der Waals surface area contributed by atoms with Gasteiger partial charge in [0.15, 0.2) is 0 Å². The molecule has 0 fully saturated rings. The Morgan fingerprint density at radius 2 is 2.06 bits per heavy atom. The number of ether oxygens (including phenoxy) is 1. The zero-order valence-corrected chi connectivity index (χ0v) is 10.7. The number of anilines is 1. The van der Waals surface area contributed by atoms with E-state index in [0.717, 1.165) is 7.05 Å². The molecule has 0 aliphatic rings. The van der Waals surface area contributed by atoms with E-state index < -0.39 is 23.0 Å². The monoisotopic (exact) mass is 280 g/mol. The van der Waals surface area contributed by atoms with Gasteiger partial charge in [-0.3, -0.25) is 0 Å². The van der Waals surface area contributed by atoms with Gasteiger partial charge in [-0.25, -0.2) is 17.2 Å². The number of nitrogen functional groups attached to an aromatic ring is 1. The fourth-order valence-electron chi connectivity index (χ4n) is 1.36. The predicted molar refractivity (Wildman–Crippen MR) is 63.2 cm³/mol. The summed E-state index contributed by atoms with van der Waals surface area (Å²) in [5.41, 5.74) is 5.70. The molecule has 1 rings (SSSR count). The summed E-state index contributed by atoms with van der Waals surface area (Å²) in [6, 6.07) is 4.01. The second kappa shape index (κ2) is 5.49. The van der Waals surface area contributed by atoms with Crippen LogP contribution in [0.3, 0.4) is 0 Å². The molecule has 0 aliphatic heterocycles. The molecule has 0 aliphatic carbocycles. The van der Waals surface area contributed by atoms with Crippen LogP contribution in [0.2, 0.25) is 0 Å². The predicted octanol–water partition coefficient (Wildman–Crippen LogP) is 1.16. The minimum absolute atomic E-state index is 0.0605. The van der Waals surface area contributed by atoms with Gasteiger partial charge in [-0.2, -0.15) is 4.31 Å². The average Bonchev–Trinajstić information content (AvgIpc) is 2.28. The van der Waals surface area contributed by atoms with Gasteiger partial charge >= 0.3 is 0 Å². The van der Waals surface area contributed by atoms with Crippen molar-refractivity contribution in [3.8, 4) is 5.75 Å². The highest BCUT2D eigenvalue weighted by Gasteiger charge is 2.27. The molecular weight excluding hydrogens is 266 g/mol. The van der Waals surface area contributed by atoms with E-state index in [2.05, 4.69) is 0 Å². The second-order valence-corrected chi connectivity index (χ2v) is 5.60. The van der Waals surface area contributed by atoms with Gasteiger partial charge in [0, 0.05) is 12.7 Å². The van der Waals surface area contributed by atoms with E-state index in [0.29, 0.717) is 4.31 Å². The average molecular weight is 280 g/mol. The molecule has 0 amide bonds. The Labute approximate surface area is 104 Å². The first-order chi connectivity index (χ1) is 8.28. The smallest absolute Gasteiger partial charge is 0.252 e. The normalized spacial score (nSPS) is 12.1. The Balaban J connectivity index is 3.23. The van der Waals surface area contributed by atoms with Crippen molar-refractivity contribution in [2.75, 3.05) is 26.4 Å². The molecule has 0 unspecified atom stereocenters. The zero-order chi connectivity index (χ0) is 13.9. The SMILES string of the molecule is COc1ccc(N)cc1S(=O)(=O)N(C)CC(F)F. The quantitative estimate of drug-likeness (QED) is 0.822. The molecule has 1 aromatic carbocycles. The van der Waals surface area contributed by atoms with E-state index >= 15 is 0 Å². The van der Waals surface area contributed by atoms with Crippen LogP contribution >= 0.6 is 0 Å². The van der Waals surface area contributed by atoms with Gasteiger partial charge in [0.2, 0.25) is 10.0 Å². The third-order valence-corrected chi connectivity index (χ3v) is 4.12. The number of hydrogen-bond acceptors (Lipinski definition) is 4. The fourth-order valence-corrected chi connectivity index (χ4v) is 2.69. The highest BCUT2D eigenvalue weighted by Crippen LogP contribution is 2.28. The lowest BCUT2D eigenvalue weighted by Crippen LogP contribution is -2.31. The molecule has 0 heterocycles. The van der Waals surface area contributed by atoms with E-state index in [1.807, 2.05) is 0 Å². The number of sulfonamides is 1. The van der Waals surface area contributed by atoms with Crippen LogP contribution in [0.25, 0.3) is 0 Å². The summed E-state index contributed by atoms with van der Waals surface area (Å²) in [6.45, 7) is -0.889. The van der Waals surface area contributed by atoms with Gasteiger partial charge in [-0.1, -0.05) is 0 Å². The maximum Gasteiger partial charge on any atom is 0.252 e. The minimum Gasteiger partial charge on any atom is -0.495 e. The molecule has 0 saturated carbocycles. The summed E-state index contributed by atoms with van der Waals surface area (Å²) in [4.78, 5) is -0.229. The van der Waals surface area contributed by atoms with Gasteiger partial charge < -0.3 is 10.5 Å². The van der Waals surface area contributed by atoms with Gasteiger partial charge in [0.05, 0.1) is 13.7 Å². The Morgan fingerprint density at radius 3 is 2.56 bits per heavy atom. The van der Waals surface area contributed by atoms with Crippen molar-refractivity contribution < 1.29 is 21.9 Å². The lowest BCUT2D eigenvalue weighted by Gasteiger charge is -2.18. The van der Waals surface area contributed by atoms with Crippen molar-refractivity contribution in [1.82, 2.24) is 4.31 Å². The van der Waals surface area contributed by atoms with Crippen molar-refractivity contribution in [1.29, 1.82) is 0 Å². The molecular formula is C10H14F2N2O3S. The summed E-state index contributed by atoms with van der Waals surface area (Å²) in [7, 11) is -1.69. The molecule has 102 valence electrons. The summed E-state index contributed by atoms with van der Waals surface area (Å²) >= 11 is 0. The van der Waals surface area contributed by atoms with E-state index in [9.17, 15) is 17.2 Å². The highest BCUT2D eigenvalue weighted by molar-refractivity contribution is 7.89. The molecule has 0 radical (unpaired) electrons. The van der Waals surface area contributed by atoms with Gasteiger partial charge in [0.1, 0.15) is 10.6 Å². The lowest BCUT2D eigenvalue weighted by atomic mass is 10.3. The topological polar surface area (TPSA) is 72.6 Å². The van der Waals surface area contributed by atoms with Crippen LogP contribution < -0.4 is 10.5 Å². The third kappa shape index (κ3) is 3.08. The fraction of sp³-hybridized carbons (Fsp3) is 0.400. The van der Waals surface area contributed by atoms with E-state index in [-0.39, 0.29) is 16.3 Å². The van der Waals surface area contributed by atoms with E-state index in [1.54, 1.807) is 0 Å². The number of alkyl halides is 2. The maximum atomic E-state index is 12.2. The Morgan fingerprint density at radius 1 is 1.44 bits per heavy atom. The number of halogens is 2. The second-order valence-electron chi connectivity index (χ2n) is 3.59. The molecule has 5 nitrogen and oxygen atoms in total. The summed E-state index contributed by atoms with van der Waals surface area (Å²) in [5.74, 6) is 0.0605. The Bertz CT molecular complexity index is 520. The van der Waals surface area contributed by atoms with Crippen LogP contribution in [0.15, 0.2) is 23.1 Å². The molecule has 2 N–H and O–H groups in total. The van der Waals surface area contributed by atoms with Crippen LogP contribution in [0.4, 0.5) is 14.5 Å². The number of nitrogens with two attached hydrogens (primary N) is 1. The standard InChI is InChI=1S/C10H14F2N2O3S/c1-14(6-10(11)12)18(15,16)9-5-7(13)3-4-8(9)17-2/h3-5,10H,6,13H2,1-2H3. The molecule has 0 atom stereocenters. The van der Waals surface area contributed by atoms with Crippen molar-refractivity contribution in [3.63, 3.8) is 0 Å². The Kier molecular flexibility index (Phi) is 4.47. The number of methoxy groups -OCH3 is 1. The van der Waals surface area contributed by atoms with Crippen molar-refractivity contribution in [2.24, 2.45) is 0 Å². The molecule has 0 bridgehead atoms. The van der Waals surface area contributed by atoms with Crippen LogP contribution in [0, 0.1) is 0 Å². The third-order valence-electron chi connectivity index (χ3n) is 2.27.